The minimum atomic E-state index is -0.915. The van der Waals surface area contributed by atoms with E-state index in [0.29, 0.717) is 42.4 Å². The summed E-state index contributed by atoms with van der Waals surface area (Å²) in [5.41, 5.74) is -2.61. The first kappa shape index (κ1) is 46.0. The number of benzene rings is 1. The lowest BCUT2D eigenvalue weighted by Crippen LogP contribution is -2.60. The highest BCUT2D eigenvalue weighted by Gasteiger charge is 2.45. The van der Waals surface area contributed by atoms with Crippen molar-refractivity contribution in [3.63, 3.8) is 0 Å². The third kappa shape index (κ3) is 10.1. The van der Waals surface area contributed by atoms with Crippen molar-refractivity contribution in [3.8, 4) is 5.75 Å². The first-order chi connectivity index (χ1) is 25.8. The van der Waals surface area contributed by atoms with Gasteiger partial charge >= 0.3 is 29.0 Å². The number of carbonyl (C=O) groups is 2. The fourth-order valence-electron chi connectivity index (χ4n) is 8.93. The van der Waals surface area contributed by atoms with Crippen LogP contribution in [0, 0.1) is 0 Å². The number of aromatic hydroxyl groups is 1. The average molecular weight is 798 g/mol. The Kier molecular flexibility index (Phi) is 12.8. The molecule has 0 spiro atoms. The van der Waals surface area contributed by atoms with E-state index in [4.69, 9.17) is 9.47 Å². The topological polar surface area (TPSA) is 145 Å². The summed E-state index contributed by atoms with van der Waals surface area (Å²) in [6, 6.07) is 3.56. The summed E-state index contributed by atoms with van der Waals surface area (Å²) in [5, 5.41) is 11.3. The summed E-state index contributed by atoms with van der Waals surface area (Å²) in [4.78, 5) is 73.6. The SMILES string of the molecule is CN1C(C)(C)CC(OC(=O)CCn2c(=O)n(CCC(=O)OC3CC(C)(C)N(C)C(C)(C)C3)c(=O)n(Cc3cc(C(C)(C)C)c(O)c(C(C)(C)C)c3)c2=O)CC1(C)C. The molecule has 0 aliphatic carbocycles. The second-order valence-electron chi connectivity index (χ2n) is 21.2. The molecule has 2 aromatic rings. The maximum absolute atomic E-state index is 14.2. The van der Waals surface area contributed by atoms with Crippen LogP contribution in [0.2, 0.25) is 0 Å². The minimum absolute atomic E-state index is 0.151. The van der Waals surface area contributed by atoms with Crippen LogP contribution in [0.3, 0.4) is 0 Å². The predicted octanol–water partition coefficient (Wildman–Crippen LogP) is 5.69. The van der Waals surface area contributed by atoms with E-state index in [0.717, 1.165) is 13.7 Å². The number of esters is 2. The van der Waals surface area contributed by atoms with Crippen molar-refractivity contribution in [3.05, 3.63) is 60.3 Å². The van der Waals surface area contributed by atoms with Crippen LogP contribution in [-0.2, 0) is 49.5 Å². The predicted molar refractivity (Wildman–Crippen MR) is 223 cm³/mol. The molecule has 2 saturated heterocycles. The maximum atomic E-state index is 14.2. The molecule has 0 bridgehead atoms. The number of aromatic nitrogens is 3. The van der Waals surface area contributed by atoms with Crippen LogP contribution in [0.25, 0.3) is 0 Å². The molecule has 1 N–H and O–H groups in total. The van der Waals surface area contributed by atoms with E-state index >= 15 is 0 Å². The van der Waals surface area contributed by atoms with Gasteiger partial charge in [0.05, 0.1) is 19.4 Å². The van der Waals surface area contributed by atoms with Gasteiger partial charge < -0.3 is 14.6 Å². The van der Waals surface area contributed by atoms with Gasteiger partial charge in [0.25, 0.3) is 0 Å². The summed E-state index contributed by atoms with van der Waals surface area (Å²) in [5.74, 6) is -0.955. The number of nitrogens with zero attached hydrogens (tertiary/aromatic N) is 5. The molecule has 0 saturated carbocycles. The molecular formula is C44H71N5O8. The smallest absolute Gasteiger partial charge is 0.336 e. The number of rotatable bonds is 10. The number of hydrogen-bond donors (Lipinski definition) is 1. The highest BCUT2D eigenvalue weighted by atomic mass is 16.5. The quantitative estimate of drug-likeness (QED) is 0.298. The van der Waals surface area contributed by atoms with Gasteiger partial charge in [-0.25, -0.2) is 28.1 Å². The van der Waals surface area contributed by atoms with E-state index in [-0.39, 0.29) is 72.6 Å². The highest BCUT2D eigenvalue weighted by molar-refractivity contribution is 5.70. The summed E-state index contributed by atoms with van der Waals surface area (Å²) in [7, 11) is 4.12. The molecule has 57 heavy (non-hydrogen) atoms. The molecule has 0 atom stereocenters. The molecule has 320 valence electrons. The number of piperidine rings is 2. The standard InChI is InChI=1S/C44H71N5O8/c1-39(2,3)31-21-28(22-32(35(31)52)40(4,5)6)27-49-37(54)47(19-17-33(50)56-29-23-41(7,8)45(15)42(9,10)24-29)36(53)48(38(49)55)20-18-34(51)57-30-25-43(11,12)46(16)44(13,14)26-30/h21-22,29-30,52H,17-20,23-27H2,1-16H3. The zero-order valence-electron chi connectivity index (χ0n) is 37.7. The Hall–Kier alpha value is -3.71. The second-order valence-corrected chi connectivity index (χ2v) is 21.2. The molecule has 13 nitrogen and oxygen atoms in total. The molecule has 2 aliphatic heterocycles. The van der Waals surface area contributed by atoms with Crippen LogP contribution in [0.1, 0.15) is 152 Å². The third-order valence-corrected chi connectivity index (χ3v) is 12.7. The molecule has 2 fully saturated rings. The van der Waals surface area contributed by atoms with Crippen molar-refractivity contribution in [2.24, 2.45) is 0 Å². The first-order valence-corrected chi connectivity index (χ1v) is 20.5. The number of likely N-dealkylation sites (tertiary alicyclic amines) is 2. The Labute approximate surface area is 339 Å². The van der Waals surface area contributed by atoms with Crippen molar-refractivity contribution < 1.29 is 24.2 Å². The Morgan fingerprint density at radius 2 is 0.912 bits per heavy atom. The van der Waals surface area contributed by atoms with Crippen molar-refractivity contribution in [1.82, 2.24) is 23.5 Å². The molecule has 3 heterocycles. The first-order valence-electron chi connectivity index (χ1n) is 20.5. The lowest BCUT2D eigenvalue weighted by atomic mass is 9.78. The number of hydrogen-bond acceptors (Lipinski definition) is 10. The third-order valence-electron chi connectivity index (χ3n) is 12.7. The van der Waals surface area contributed by atoms with Gasteiger partial charge in [0.15, 0.2) is 0 Å². The maximum Gasteiger partial charge on any atom is 0.336 e. The van der Waals surface area contributed by atoms with Gasteiger partial charge in [-0.05, 0) is 109 Å². The van der Waals surface area contributed by atoms with E-state index in [9.17, 15) is 29.1 Å². The van der Waals surface area contributed by atoms with Gasteiger partial charge in [-0.1, -0.05) is 41.5 Å². The van der Waals surface area contributed by atoms with Gasteiger partial charge in [0.1, 0.15) is 18.0 Å². The Morgan fingerprint density at radius 3 is 1.21 bits per heavy atom. The molecule has 2 aliphatic rings. The van der Waals surface area contributed by atoms with Gasteiger partial charge in [-0.2, -0.15) is 0 Å². The Bertz CT molecular complexity index is 1850. The minimum Gasteiger partial charge on any atom is -0.507 e. The van der Waals surface area contributed by atoms with Crippen LogP contribution >= 0.6 is 0 Å². The van der Waals surface area contributed by atoms with Gasteiger partial charge in [-0.3, -0.25) is 19.4 Å². The highest BCUT2D eigenvalue weighted by Crippen LogP contribution is 2.41. The summed E-state index contributed by atoms with van der Waals surface area (Å²) in [6.45, 7) is 27.8. The molecule has 0 unspecified atom stereocenters. The lowest BCUT2D eigenvalue weighted by molar-refractivity contribution is -0.160. The van der Waals surface area contributed by atoms with Gasteiger partial charge in [0.2, 0.25) is 0 Å². The average Bonchev–Trinajstić information content (AvgIpc) is 3.03. The fraction of sp³-hybridized carbons (Fsp3) is 0.750. The van der Waals surface area contributed by atoms with E-state index in [1.54, 1.807) is 12.1 Å². The normalized spacial score (nSPS) is 20.4. The summed E-state index contributed by atoms with van der Waals surface area (Å²) in [6.07, 6.45) is 1.25. The van der Waals surface area contributed by atoms with Gasteiger partial charge in [-0.15, -0.1) is 0 Å². The van der Waals surface area contributed by atoms with Crippen LogP contribution in [0.15, 0.2) is 26.5 Å². The zero-order valence-corrected chi connectivity index (χ0v) is 37.7. The number of phenolic OH excluding ortho intramolecular Hbond substituents is 1. The van der Waals surface area contributed by atoms with Crippen molar-refractivity contribution in [2.75, 3.05) is 14.1 Å². The zero-order chi connectivity index (χ0) is 43.4. The van der Waals surface area contributed by atoms with Crippen LogP contribution in [-0.4, -0.2) is 89.0 Å². The number of carbonyl (C=O) groups excluding carboxylic acids is 2. The van der Waals surface area contributed by atoms with Crippen molar-refractivity contribution in [1.29, 1.82) is 0 Å². The lowest BCUT2D eigenvalue weighted by Gasteiger charge is -2.53. The van der Waals surface area contributed by atoms with Crippen LogP contribution < -0.4 is 17.1 Å². The van der Waals surface area contributed by atoms with Crippen LogP contribution in [0.4, 0.5) is 0 Å². The summed E-state index contributed by atoms with van der Waals surface area (Å²) < 4.78 is 14.6. The molecule has 1 aromatic carbocycles. The molecule has 1 aromatic heterocycles. The van der Waals surface area contributed by atoms with Crippen molar-refractivity contribution in [2.45, 2.75) is 200 Å². The Balaban J connectivity index is 1.70. The monoisotopic (exact) mass is 798 g/mol. The fourth-order valence-corrected chi connectivity index (χ4v) is 8.93. The number of ether oxygens (including phenoxy) is 2. The summed E-state index contributed by atoms with van der Waals surface area (Å²) >= 11 is 0. The molecular weight excluding hydrogens is 727 g/mol. The van der Waals surface area contributed by atoms with Crippen LogP contribution in [0.5, 0.6) is 5.75 Å². The molecule has 4 rings (SSSR count). The second kappa shape index (κ2) is 15.8. The largest absolute Gasteiger partial charge is 0.507 e. The molecule has 0 amide bonds. The van der Waals surface area contributed by atoms with E-state index in [1.165, 1.54) is 0 Å². The Morgan fingerprint density at radius 1 is 0.614 bits per heavy atom. The van der Waals surface area contributed by atoms with E-state index in [1.807, 2.05) is 41.5 Å². The van der Waals surface area contributed by atoms with Gasteiger partial charge in [0, 0.05) is 60.9 Å². The van der Waals surface area contributed by atoms with Crippen molar-refractivity contribution >= 4 is 11.9 Å². The molecule has 0 radical (unpaired) electrons. The van der Waals surface area contributed by atoms with E-state index < -0.39 is 39.8 Å². The number of phenols is 1. The molecule has 13 heteroatoms. The van der Waals surface area contributed by atoms with E-state index in [2.05, 4.69) is 79.3 Å².